The Labute approximate surface area is 175 Å². The number of methoxy groups -OCH3 is 3. The van der Waals surface area contributed by atoms with Gasteiger partial charge in [-0.05, 0) is 29.8 Å². The van der Waals surface area contributed by atoms with Crippen molar-refractivity contribution in [3.63, 3.8) is 0 Å². The highest BCUT2D eigenvalue weighted by molar-refractivity contribution is 5.76. The van der Waals surface area contributed by atoms with E-state index in [1.807, 2.05) is 59.9 Å². The van der Waals surface area contributed by atoms with E-state index in [0.29, 0.717) is 23.8 Å². The van der Waals surface area contributed by atoms with E-state index in [0.717, 1.165) is 16.9 Å². The van der Waals surface area contributed by atoms with Crippen LogP contribution in [0.4, 0.5) is 0 Å². The first-order valence-corrected chi connectivity index (χ1v) is 9.63. The summed E-state index contributed by atoms with van der Waals surface area (Å²) in [6.07, 6.45) is 1.64. The molecule has 3 aromatic rings. The average molecular weight is 411 g/mol. The maximum Gasteiger partial charge on any atom is 0.275 e. The maximum absolute atomic E-state index is 12.5. The van der Waals surface area contributed by atoms with Gasteiger partial charge in [-0.3, -0.25) is 4.79 Å². The molecule has 1 heterocycles. The zero-order valence-electron chi connectivity index (χ0n) is 17.4. The van der Waals surface area contributed by atoms with Gasteiger partial charge in [0.15, 0.2) is 29.8 Å². The Balaban J connectivity index is 1.63. The molecule has 7 heteroatoms. The molecule has 0 fully saturated rings. The van der Waals surface area contributed by atoms with E-state index >= 15 is 0 Å². The van der Waals surface area contributed by atoms with E-state index in [9.17, 15) is 4.79 Å². The SMILES string of the molecule is COc1cc(CNC(=O)C[NH2+][C@H](c2ccccc2)c2ccco2)cc(OC)c1OC. The van der Waals surface area contributed by atoms with Crippen molar-refractivity contribution in [3.8, 4) is 17.2 Å². The molecule has 0 aliphatic carbocycles. The summed E-state index contributed by atoms with van der Waals surface area (Å²) in [5.41, 5.74) is 1.92. The van der Waals surface area contributed by atoms with E-state index in [-0.39, 0.29) is 18.5 Å². The molecule has 158 valence electrons. The van der Waals surface area contributed by atoms with Crippen LogP contribution in [0.2, 0.25) is 0 Å². The Bertz CT molecular complexity index is 916. The topological polar surface area (TPSA) is 86.5 Å². The molecule has 0 radical (unpaired) electrons. The predicted molar refractivity (Wildman–Crippen MR) is 112 cm³/mol. The summed E-state index contributed by atoms with van der Waals surface area (Å²) in [7, 11) is 4.68. The zero-order chi connectivity index (χ0) is 21.3. The molecule has 3 rings (SSSR count). The van der Waals surface area contributed by atoms with Crippen molar-refractivity contribution < 1.29 is 28.7 Å². The highest BCUT2D eigenvalue weighted by atomic mass is 16.5. The van der Waals surface area contributed by atoms with Gasteiger partial charge in [-0.25, -0.2) is 0 Å². The van der Waals surface area contributed by atoms with Crippen molar-refractivity contribution in [1.29, 1.82) is 0 Å². The number of carbonyl (C=O) groups is 1. The van der Waals surface area contributed by atoms with Gasteiger partial charge in [0.2, 0.25) is 5.75 Å². The number of benzene rings is 2. The normalized spacial score (nSPS) is 11.6. The summed E-state index contributed by atoms with van der Waals surface area (Å²) in [6.45, 7) is 0.602. The van der Waals surface area contributed by atoms with Crippen LogP contribution < -0.4 is 24.8 Å². The third-order valence-corrected chi connectivity index (χ3v) is 4.76. The third-order valence-electron chi connectivity index (χ3n) is 4.76. The first kappa shape index (κ1) is 21.3. The largest absolute Gasteiger partial charge is 0.493 e. The molecule has 7 nitrogen and oxygen atoms in total. The molecular formula is C23H27N2O5+. The van der Waals surface area contributed by atoms with Gasteiger partial charge in [-0.2, -0.15) is 0 Å². The van der Waals surface area contributed by atoms with Crippen LogP contribution in [0.3, 0.4) is 0 Å². The molecule has 0 aliphatic heterocycles. The van der Waals surface area contributed by atoms with Crippen LogP contribution in [0.5, 0.6) is 17.2 Å². The van der Waals surface area contributed by atoms with E-state index < -0.39 is 0 Å². The maximum atomic E-state index is 12.5. The van der Waals surface area contributed by atoms with Gasteiger partial charge in [0.1, 0.15) is 0 Å². The summed E-state index contributed by atoms with van der Waals surface area (Å²) in [5.74, 6) is 2.34. The summed E-state index contributed by atoms with van der Waals surface area (Å²) in [6, 6.07) is 17.3. The first-order chi connectivity index (χ1) is 14.7. The number of carbonyl (C=O) groups excluding carboxylic acids is 1. The number of furan rings is 1. The molecule has 3 N–H and O–H groups in total. The fourth-order valence-corrected chi connectivity index (χ4v) is 3.28. The second kappa shape index (κ2) is 10.4. The van der Waals surface area contributed by atoms with Crippen LogP contribution in [0.1, 0.15) is 22.9 Å². The van der Waals surface area contributed by atoms with Crippen molar-refractivity contribution in [1.82, 2.24) is 5.32 Å². The summed E-state index contributed by atoms with van der Waals surface area (Å²) in [5, 5.41) is 4.90. The van der Waals surface area contributed by atoms with Crippen LogP contribution in [0.25, 0.3) is 0 Å². The minimum absolute atomic E-state index is 0.0868. The molecule has 1 amide bonds. The zero-order valence-corrected chi connectivity index (χ0v) is 17.4. The average Bonchev–Trinajstić information content (AvgIpc) is 3.32. The quantitative estimate of drug-likeness (QED) is 0.535. The first-order valence-electron chi connectivity index (χ1n) is 9.63. The van der Waals surface area contributed by atoms with E-state index in [2.05, 4.69) is 5.32 Å². The molecule has 1 aromatic heterocycles. The fraction of sp³-hybridized carbons (Fsp3) is 0.261. The van der Waals surface area contributed by atoms with Crippen LogP contribution >= 0.6 is 0 Å². The highest BCUT2D eigenvalue weighted by Gasteiger charge is 2.21. The molecule has 2 aromatic carbocycles. The lowest BCUT2D eigenvalue weighted by molar-refractivity contribution is -0.678. The Hall–Kier alpha value is -3.45. The molecular weight excluding hydrogens is 384 g/mol. The van der Waals surface area contributed by atoms with Gasteiger partial charge in [0, 0.05) is 12.1 Å². The van der Waals surface area contributed by atoms with E-state index in [1.165, 1.54) is 0 Å². The van der Waals surface area contributed by atoms with E-state index in [4.69, 9.17) is 18.6 Å². The number of hydrogen-bond acceptors (Lipinski definition) is 5. The Kier molecular flexibility index (Phi) is 7.34. The minimum atomic E-state index is -0.0897. The molecule has 30 heavy (non-hydrogen) atoms. The van der Waals surface area contributed by atoms with Crippen molar-refractivity contribution >= 4 is 5.91 Å². The lowest BCUT2D eigenvalue weighted by Gasteiger charge is -2.15. The number of rotatable bonds is 10. The van der Waals surface area contributed by atoms with Gasteiger partial charge >= 0.3 is 0 Å². The molecule has 1 atom stereocenters. The Morgan fingerprint density at radius 3 is 2.27 bits per heavy atom. The molecule has 0 bridgehead atoms. The van der Waals surface area contributed by atoms with Crippen LogP contribution in [0.15, 0.2) is 65.3 Å². The van der Waals surface area contributed by atoms with Crippen molar-refractivity contribution in [2.45, 2.75) is 12.6 Å². The van der Waals surface area contributed by atoms with Gasteiger partial charge < -0.3 is 29.3 Å². The summed E-state index contributed by atoms with van der Waals surface area (Å²) < 4.78 is 21.6. The number of nitrogens with two attached hydrogens (primary N) is 1. The second-order valence-electron chi connectivity index (χ2n) is 6.65. The smallest absolute Gasteiger partial charge is 0.275 e. The van der Waals surface area contributed by atoms with Crippen molar-refractivity contribution in [3.05, 3.63) is 77.7 Å². The third kappa shape index (κ3) is 5.12. The summed E-state index contributed by atoms with van der Waals surface area (Å²) >= 11 is 0. The Morgan fingerprint density at radius 2 is 1.70 bits per heavy atom. The van der Waals surface area contributed by atoms with Crippen LogP contribution in [-0.4, -0.2) is 33.8 Å². The van der Waals surface area contributed by atoms with Gasteiger partial charge in [0.25, 0.3) is 5.91 Å². The monoisotopic (exact) mass is 411 g/mol. The predicted octanol–water partition coefficient (Wildman–Crippen LogP) is 2.27. The molecule has 0 saturated carbocycles. The molecule has 0 saturated heterocycles. The highest BCUT2D eigenvalue weighted by Crippen LogP contribution is 2.38. The molecule has 0 spiro atoms. The van der Waals surface area contributed by atoms with Crippen LogP contribution in [0, 0.1) is 0 Å². The summed E-state index contributed by atoms with van der Waals surface area (Å²) in [4.78, 5) is 12.5. The van der Waals surface area contributed by atoms with Gasteiger partial charge in [0.05, 0.1) is 27.6 Å². The Morgan fingerprint density at radius 1 is 1.00 bits per heavy atom. The number of ether oxygens (including phenoxy) is 3. The lowest BCUT2D eigenvalue weighted by atomic mass is 10.0. The number of quaternary nitrogens is 1. The molecule has 0 aliphatic rings. The number of amides is 1. The number of hydrogen-bond donors (Lipinski definition) is 2. The van der Waals surface area contributed by atoms with Gasteiger partial charge in [-0.15, -0.1) is 0 Å². The van der Waals surface area contributed by atoms with Gasteiger partial charge in [-0.1, -0.05) is 30.3 Å². The van der Waals surface area contributed by atoms with E-state index in [1.54, 1.807) is 27.6 Å². The lowest BCUT2D eigenvalue weighted by Crippen LogP contribution is -2.87. The molecule has 0 unspecified atom stereocenters. The fourth-order valence-electron chi connectivity index (χ4n) is 3.28. The minimum Gasteiger partial charge on any atom is -0.493 e. The second-order valence-corrected chi connectivity index (χ2v) is 6.65. The van der Waals surface area contributed by atoms with Crippen molar-refractivity contribution in [2.75, 3.05) is 27.9 Å². The van der Waals surface area contributed by atoms with Crippen LogP contribution in [-0.2, 0) is 11.3 Å². The number of nitrogens with one attached hydrogen (secondary N) is 1. The standard InChI is InChI=1S/C23H26N2O5/c1-27-19-12-16(13-20(28-2)23(19)29-3)14-24-21(26)15-25-22(18-10-7-11-30-18)17-8-5-4-6-9-17/h4-13,22,25H,14-15H2,1-3H3,(H,24,26)/p+1/t22-/m1/s1. The van der Waals surface area contributed by atoms with Crippen molar-refractivity contribution in [2.24, 2.45) is 0 Å².